The van der Waals surface area contributed by atoms with Crippen molar-refractivity contribution in [3.8, 4) is 5.75 Å². The monoisotopic (exact) mass is 446 g/mol. The Balaban J connectivity index is 1.48. The van der Waals surface area contributed by atoms with E-state index in [0.717, 1.165) is 17.7 Å². The van der Waals surface area contributed by atoms with Crippen LogP contribution < -0.4 is 14.8 Å². The predicted octanol–water partition coefficient (Wildman–Crippen LogP) is 5.63. The van der Waals surface area contributed by atoms with Gasteiger partial charge in [-0.2, -0.15) is 0 Å². The molecule has 0 fully saturated rings. The van der Waals surface area contributed by atoms with E-state index in [-0.39, 0.29) is 16.9 Å². The van der Waals surface area contributed by atoms with Gasteiger partial charge in [-0.15, -0.1) is 0 Å². The van der Waals surface area contributed by atoms with E-state index in [9.17, 15) is 8.42 Å². The Morgan fingerprint density at radius 3 is 2.69 bits per heavy atom. The van der Waals surface area contributed by atoms with E-state index in [0.29, 0.717) is 17.4 Å². The molecule has 0 unspecified atom stereocenters. The van der Waals surface area contributed by atoms with Gasteiger partial charge in [0.25, 0.3) is 10.0 Å². The van der Waals surface area contributed by atoms with Gasteiger partial charge in [0.15, 0.2) is 0 Å². The molecule has 32 heavy (non-hydrogen) atoms. The van der Waals surface area contributed by atoms with Crippen molar-refractivity contribution in [2.75, 3.05) is 17.1 Å². The van der Waals surface area contributed by atoms with E-state index in [2.05, 4.69) is 53.4 Å². The summed E-state index contributed by atoms with van der Waals surface area (Å²) < 4.78 is 34.1. The molecule has 0 spiro atoms. The number of ether oxygens (including phenoxy) is 1. The smallest absolute Gasteiger partial charge is 0.261 e. The third-order valence-corrected chi connectivity index (χ3v) is 7.75. The Hall–Kier alpha value is -3.25. The van der Waals surface area contributed by atoms with E-state index in [1.165, 1.54) is 11.1 Å². The topological polar surface area (TPSA) is 67.4 Å². The fraction of sp³-hybridized carbons (Fsp3) is 0.231. The number of anilines is 2. The summed E-state index contributed by atoms with van der Waals surface area (Å²) in [6.07, 6.45) is 5.40. The lowest BCUT2D eigenvalue weighted by Gasteiger charge is -2.37. The number of nitrogens with one attached hydrogen (secondary N) is 2. The van der Waals surface area contributed by atoms with Crippen molar-refractivity contribution >= 4 is 21.4 Å². The summed E-state index contributed by atoms with van der Waals surface area (Å²) in [5.74, 6) is 1.14. The van der Waals surface area contributed by atoms with E-state index in [1.54, 1.807) is 37.4 Å². The molecule has 1 aliphatic carbocycles. The number of sulfonamides is 1. The minimum absolute atomic E-state index is 0.184. The lowest BCUT2D eigenvalue weighted by atomic mass is 9.77. The van der Waals surface area contributed by atoms with Crippen LogP contribution in [0.4, 0.5) is 11.4 Å². The second kappa shape index (κ2) is 8.02. The van der Waals surface area contributed by atoms with E-state index < -0.39 is 10.0 Å². The highest BCUT2D eigenvalue weighted by molar-refractivity contribution is 7.92. The van der Waals surface area contributed by atoms with Crippen molar-refractivity contribution in [3.63, 3.8) is 0 Å². The van der Waals surface area contributed by atoms with Crippen LogP contribution in [-0.2, 0) is 10.0 Å². The van der Waals surface area contributed by atoms with Gasteiger partial charge in [-0.25, -0.2) is 8.42 Å². The fourth-order valence-corrected chi connectivity index (χ4v) is 5.92. The van der Waals surface area contributed by atoms with Gasteiger partial charge in [0.2, 0.25) is 0 Å². The zero-order valence-corrected chi connectivity index (χ0v) is 18.9. The van der Waals surface area contributed by atoms with Gasteiger partial charge < -0.3 is 10.1 Å². The zero-order valence-electron chi connectivity index (χ0n) is 18.1. The number of methoxy groups -OCH3 is 1. The maximum absolute atomic E-state index is 13.1. The quantitative estimate of drug-likeness (QED) is 0.499. The van der Waals surface area contributed by atoms with E-state index in [1.807, 2.05) is 12.1 Å². The van der Waals surface area contributed by atoms with Crippen molar-refractivity contribution in [2.45, 2.75) is 30.2 Å². The minimum Gasteiger partial charge on any atom is -0.497 e. The number of fused-ring (bicyclic) bond motifs is 3. The molecule has 164 valence electrons. The van der Waals surface area contributed by atoms with Gasteiger partial charge in [0.05, 0.1) is 23.7 Å². The van der Waals surface area contributed by atoms with Gasteiger partial charge >= 0.3 is 0 Å². The molecular weight excluding hydrogens is 420 g/mol. The first-order chi connectivity index (χ1) is 15.4. The van der Waals surface area contributed by atoms with Crippen LogP contribution in [0.5, 0.6) is 5.75 Å². The average molecular weight is 447 g/mol. The molecule has 1 aliphatic heterocycles. The maximum Gasteiger partial charge on any atom is 0.261 e. The van der Waals surface area contributed by atoms with Crippen molar-refractivity contribution in [2.24, 2.45) is 5.92 Å². The number of rotatable bonds is 5. The molecule has 2 N–H and O–H groups in total. The molecule has 0 amide bonds. The van der Waals surface area contributed by atoms with Gasteiger partial charge in [-0.1, -0.05) is 48.0 Å². The average Bonchev–Trinajstić information content (AvgIpc) is 3.28. The fourth-order valence-electron chi connectivity index (χ4n) is 4.83. The molecule has 0 bridgehead atoms. The van der Waals surface area contributed by atoms with Crippen LogP contribution in [0.1, 0.15) is 35.1 Å². The predicted molar refractivity (Wildman–Crippen MR) is 128 cm³/mol. The molecule has 2 aliphatic rings. The van der Waals surface area contributed by atoms with Crippen LogP contribution >= 0.6 is 0 Å². The van der Waals surface area contributed by atoms with Crippen LogP contribution in [0, 0.1) is 12.8 Å². The van der Waals surface area contributed by atoms with Crippen LogP contribution in [0.2, 0.25) is 0 Å². The summed E-state index contributed by atoms with van der Waals surface area (Å²) in [5, 5.41) is 3.68. The first-order valence-corrected chi connectivity index (χ1v) is 12.2. The summed E-state index contributed by atoms with van der Waals surface area (Å²) in [5.41, 5.74) is 5.00. The highest BCUT2D eigenvalue weighted by atomic mass is 32.2. The molecule has 6 heteroatoms. The molecule has 3 aromatic carbocycles. The number of hydrogen-bond acceptors (Lipinski definition) is 4. The van der Waals surface area contributed by atoms with Crippen LogP contribution in [0.15, 0.2) is 83.8 Å². The Morgan fingerprint density at radius 1 is 1.03 bits per heavy atom. The Kier molecular flexibility index (Phi) is 5.18. The molecular formula is C26H26N2O3S. The van der Waals surface area contributed by atoms with Gasteiger partial charge in [-0.3, -0.25) is 4.72 Å². The van der Waals surface area contributed by atoms with Crippen LogP contribution in [0.25, 0.3) is 0 Å². The Labute approximate surface area is 189 Å². The van der Waals surface area contributed by atoms with Crippen molar-refractivity contribution < 1.29 is 13.2 Å². The molecule has 1 heterocycles. The zero-order chi connectivity index (χ0) is 22.3. The van der Waals surface area contributed by atoms with Gasteiger partial charge in [-0.05, 0) is 60.7 Å². The minimum atomic E-state index is -3.73. The van der Waals surface area contributed by atoms with E-state index >= 15 is 0 Å². The van der Waals surface area contributed by atoms with Crippen molar-refractivity contribution in [1.29, 1.82) is 0 Å². The second-order valence-electron chi connectivity index (χ2n) is 8.48. The molecule has 3 atom stereocenters. The third-order valence-electron chi connectivity index (χ3n) is 6.37. The number of aryl methyl sites for hydroxylation is 1. The highest BCUT2D eigenvalue weighted by Crippen LogP contribution is 2.50. The summed E-state index contributed by atoms with van der Waals surface area (Å²) in [6.45, 7) is 2.11. The molecule has 0 saturated carbocycles. The van der Waals surface area contributed by atoms with Gasteiger partial charge in [0, 0.05) is 17.7 Å². The molecule has 5 rings (SSSR count). The number of allylic oxidation sites excluding steroid dienone is 2. The maximum atomic E-state index is 13.1. The summed E-state index contributed by atoms with van der Waals surface area (Å²) >= 11 is 0. The first kappa shape index (κ1) is 20.6. The SMILES string of the molecule is COc1cccc(NS(=O)(=O)c2ccc3c(c2)[C@@H]2C=CC[C@@H]2[C@@H](c2cccc(C)c2)N3)c1. The number of benzene rings is 3. The summed E-state index contributed by atoms with van der Waals surface area (Å²) in [4.78, 5) is 0.258. The number of hydrogen-bond donors (Lipinski definition) is 2. The Bertz CT molecular complexity index is 1300. The third kappa shape index (κ3) is 3.75. The van der Waals surface area contributed by atoms with Crippen LogP contribution in [0.3, 0.4) is 0 Å². The lowest BCUT2D eigenvalue weighted by molar-refractivity contribution is 0.415. The first-order valence-electron chi connectivity index (χ1n) is 10.8. The van der Waals surface area contributed by atoms with Gasteiger partial charge in [0.1, 0.15) is 5.75 Å². The molecule has 3 aromatic rings. The summed E-state index contributed by atoms with van der Waals surface area (Å²) in [7, 11) is -2.17. The standard InChI is InChI=1S/C26H26N2O3S/c1-17-6-3-7-18(14-17)26-23-11-5-10-22(23)24-16-21(12-13-25(24)27-26)32(29,30)28-19-8-4-9-20(15-19)31-2/h3-10,12-16,22-23,26-28H,11H2,1-2H3/t22-,23+,26-/m1/s1. The van der Waals surface area contributed by atoms with Crippen LogP contribution in [-0.4, -0.2) is 15.5 Å². The lowest BCUT2D eigenvalue weighted by Crippen LogP contribution is -2.29. The molecule has 5 nitrogen and oxygen atoms in total. The highest BCUT2D eigenvalue weighted by Gasteiger charge is 2.38. The van der Waals surface area contributed by atoms with Crippen molar-refractivity contribution in [1.82, 2.24) is 0 Å². The largest absolute Gasteiger partial charge is 0.497 e. The second-order valence-corrected chi connectivity index (χ2v) is 10.2. The molecule has 0 aromatic heterocycles. The summed E-state index contributed by atoms with van der Waals surface area (Å²) in [6, 6.07) is 21.1. The van der Waals surface area contributed by atoms with E-state index in [4.69, 9.17) is 4.74 Å². The van der Waals surface area contributed by atoms with Crippen molar-refractivity contribution in [3.05, 3.63) is 95.6 Å². The normalized spacial score (nSPS) is 21.4. The Morgan fingerprint density at radius 2 is 1.88 bits per heavy atom. The molecule has 0 radical (unpaired) electrons. The molecule has 0 saturated heterocycles.